The summed E-state index contributed by atoms with van der Waals surface area (Å²) in [4.78, 5) is 55.8. The van der Waals surface area contributed by atoms with Crippen LogP contribution in [-0.2, 0) is 19.2 Å². The molecule has 2 heterocycles. The summed E-state index contributed by atoms with van der Waals surface area (Å²) in [5.74, 6) is -0.0291. The van der Waals surface area contributed by atoms with E-state index in [9.17, 15) is 19.2 Å². The van der Waals surface area contributed by atoms with Crippen LogP contribution in [0.3, 0.4) is 0 Å². The minimum Gasteiger partial charge on any atom is -0.426 e. The van der Waals surface area contributed by atoms with Crippen LogP contribution >= 0.6 is 0 Å². The molecule has 2 saturated carbocycles. The van der Waals surface area contributed by atoms with Crippen LogP contribution in [0.2, 0.25) is 0 Å². The maximum atomic E-state index is 13.5. The summed E-state index contributed by atoms with van der Waals surface area (Å²) in [6.07, 6.45) is 5.56. The predicted octanol–water partition coefficient (Wildman–Crippen LogP) is 4.13. The number of carbonyl (C=O) groups excluding carboxylic acids is 4. The van der Waals surface area contributed by atoms with Crippen molar-refractivity contribution in [2.75, 3.05) is 16.3 Å². The van der Waals surface area contributed by atoms with E-state index in [2.05, 4.69) is 12.2 Å². The molecule has 6 aliphatic rings. The lowest BCUT2D eigenvalue weighted by Gasteiger charge is -2.37. The Morgan fingerprint density at radius 3 is 2.11 bits per heavy atom. The Morgan fingerprint density at radius 2 is 1.50 bits per heavy atom. The van der Waals surface area contributed by atoms with E-state index in [0.29, 0.717) is 28.8 Å². The number of anilines is 2. The smallest absolute Gasteiger partial charge is 0.316 e. The van der Waals surface area contributed by atoms with Crippen molar-refractivity contribution in [1.29, 1.82) is 0 Å². The van der Waals surface area contributed by atoms with E-state index < -0.39 is 11.9 Å². The first-order chi connectivity index (χ1) is 18.2. The summed E-state index contributed by atoms with van der Waals surface area (Å²) in [7, 11) is 0. The molecule has 0 aromatic heterocycles. The number of aryl methyl sites for hydroxylation is 3. The molecule has 7 heteroatoms. The fourth-order valence-electron chi connectivity index (χ4n) is 7.65. The number of esters is 1. The van der Waals surface area contributed by atoms with Crippen molar-refractivity contribution in [3.63, 3.8) is 0 Å². The average molecular weight is 511 g/mol. The quantitative estimate of drug-likeness (QED) is 0.267. The zero-order chi connectivity index (χ0) is 26.5. The number of imide groups is 1. The van der Waals surface area contributed by atoms with Gasteiger partial charge < -0.3 is 9.64 Å². The molecule has 2 aromatic rings. The minimum atomic E-state index is -0.569. The number of para-hydroxylation sites is 1. The number of ether oxygens (including phenoxy) is 1. The van der Waals surface area contributed by atoms with Crippen molar-refractivity contribution in [1.82, 2.24) is 0 Å². The molecule has 2 aromatic carbocycles. The van der Waals surface area contributed by atoms with Crippen molar-refractivity contribution in [2.45, 2.75) is 33.6 Å². The van der Waals surface area contributed by atoms with Crippen molar-refractivity contribution in [3.05, 3.63) is 65.2 Å². The topological polar surface area (TPSA) is 84.0 Å². The number of benzene rings is 2. The van der Waals surface area contributed by atoms with Crippen LogP contribution < -0.4 is 14.5 Å². The van der Waals surface area contributed by atoms with E-state index in [4.69, 9.17) is 4.74 Å². The van der Waals surface area contributed by atoms with E-state index in [1.54, 1.807) is 23.1 Å². The van der Waals surface area contributed by atoms with Gasteiger partial charge in [0.15, 0.2) is 0 Å². The highest BCUT2D eigenvalue weighted by molar-refractivity contribution is 6.23. The largest absolute Gasteiger partial charge is 0.426 e. The monoisotopic (exact) mass is 510 g/mol. The van der Waals surface area contributed by atoms with E-state index in [-0.39, 0.29) is 54.4 Å². The standard InChI is InChI=1S/C31H30N2O5/c1-15-5-4-6-16(2)28(15)32-14-18(12-25(32)34)31(37)38-19-7-10-24(17(3)11-19)33-29(35)26-20-8-9-21(23-13-22(20)23)27(26)30(33)36/h4-11,18,20-23,26-27H,12-14H2,1-3H3/t18-,20+,21+,22-,23+,26-,27+/m1/s1. The highest BCUT2D eigenvalue weighted by Crippen LogP contribution is 2.65. The number of rotatable bonds is 4. The Labute approximate surface area is 221 Å². The molecule has 4 aliphatic carbocycles. The van der Waals surface area contributed by atoms with Gasteiger partial charge in [-0.2, -0.15) is 0 Å². The Bertz CT molecular complexity index is 1400. The summed E-state index contributed by atoms with van der Waals surface area (Å²) in [6, 6.07) is 10.9. The lowest BCUT2D eigenvalue weighted by molar-refractivity contribution is -0.139. The number of hydrogen-bond acceptors (Lipinski definition) is 5. The van der Waals surface area contributed by atoms with Gasteiger partial charge in [0.25, 0.3) is 0 Å². The molecule has 8 rings (SSSR count). The molecule has 4 fully saturated rings. The van der Waals surface area contributed by atoms with Crippen molar-refractivity contribution in [3.8, 4) is 5.75 Å². The Kier molecular flexibility index (Phi) is 5.00. The normalized spacial score (nSPS) is 32.6. The highest BCUT2D eigenvalue weighted by atomic mass is 16.5. The van der Waals surface area contributed by atoms with E-state index >= 15 is 0 Å². The minimum absolute atomic E-state index is 0.0931. The molecule has 38 heavy (non-hydrogen) atoms. The fraction of sp³-hybridized carbons (Fsp3) is 0.419. The van der Waals surface area contributed by atoms with Crippen molar-refractivity contribution in [2.24, 2.45) is 41.4 Å². The average Bonchev–Trinajstić information content (AvgIpc) is 3.57. The first kappa shape index (κ1) is 23.4. The van der Waals surface area contributed by atoms with Crippen LogP contribution in [0.25, 0.3) is 0 Å². The molecular formula is C31H30N2O5. The summed E-state index contributed by atoms with van der Waals surface area (Å²) >= 11 is 0. The third kappa shape index (κ3) is 3.27. The second kappa shape index (κ2) is 8.13. The van der Waals surface area contributed by atoms with Gasteiger partial charge in [-0.3, -0.25) is 19.2 Å². The van der Waals surface area contributed by atoms with Gasteiger partial charge in [-0.05, 0) is 85.8 Å². The van der Waals surface area contributed by atoms with Crippen LogP contribution in [0.1, 0.15) is 29.5 Å². The second-order valence-corrected chi connectivity index (χ2v) is 11.7. The molecule has 2 aliphatic heterocycles. The Balaban J connectivity index is 1.07. The van der Waals surface area contributed by atoms with Crippen LogP contribution in [0.5, 0.6) is 5.75 Å². The molecule has 194 valence electrons. The molecular weight excluding hydrogens is 480 g/mol. The van der Waals surface area contributed by atoms with Gasteiger partial charge in [0, 0.05) is 18.7 Å². The first-order valence-corrected chi connectivity index (χ1v) is 13.5. The highest BCUT2D eigenvalue weighted by Gasteiger charge is 2.67. The number of carbonyl (C=O) groups is 4. The number of hydrogen-bond donors (Lipinski definition) is 0. The van der Waals surface area contributed by atoms with Gasteiger partial charge in [0.1, 0.15) is 5.75 Å². The van der Waals surface area contributed by atoms with Gasteiger partial charge >= 0.3 is 5.97 Å². The molecule has 7 atom stereocenters. The van der Waals surface area contributed by atoms with Crippen LogP contribution in [-0.4, -0.2) is 30.2 Å². The maximum absolute atomic E-state index is 13.5. The first-order valence-electron chi connectivity index (χ1n) is 13.5. The maximum Gasteiger partial charge on any atom is 0.316 e. The molecule has 0 unspecified atom stereocenters. The molecule has 0 radical (unpaired) electrons. The summed E-state index contributed by atoms with van der Waals surface area (Å²) in [6.45, 7) is 6.01. The summed E-state index contributed by atoms with van der Waals surface area (Å²) in [5.41, 5.74) is 4.09. The van der Waals surface area contributed by atoms with Crippen LogP contribution in [0.15, 0.2) is 48.6 Å². The van der Waals surface area contributed by atoms with Gasteiger partial charge in [0.05, 0.1) is 23.4 Å². The zero-order valence-electron chi connectivity index (χ0n) is 21.7. The molecule has 3 amide bonds. The van der Waals surface area contributed by atoms with Gasteiger partial charge in [-0.15, -0.1) is 0 Å². The van der Waals surface area contributed by atoms with Crippen molar-refractivity contribution >= 4 is 35.1 Å². The number of amides is 3. The summed E-state index contributed by atoms with van der Waals surface area (Å²) < 4.78 is 5.69. The van der Waals surface area contributed by atoms with Gasteiger partial charge in [0.2, 0.25) is 17.7 Å². The fourth-order valence-corrected chi connectivity index (χ4v) is 7.65. The third-order valence-electron chi connectivity index (χ3n) is 9.46. The second-order valence-electron chi connectivity index (χ2n) is 11.7. The third-order valence-corrected chi connectivity index (χ3v) is 9.46. The van der Waals surface area contributed by atoms with Crippen LogP contribution in [0.4, 0.5) is 11.4 Å². The molecule has 2 bridgehead atoms. The van der Waals surface area contributed by atoms with E-state index in [1.807, 2.05) is 39.0 Å². The van der Waals surface area contributed by atoms with E-state index in [1.165, 1.54) is 4.90 Å². The zero-order valence-corrected chi connectivity index (χ0v) is 21.7. The number of allylic oxidation sites excluding steroid dienone is 2. The predicted molar refractivity (Wildman–Crippen MR) is 140 cm³/mol. The molecule has 2 saturated heterocycles. The Morgan fingerprint density at radius 1 is 0.868 bits per heavy atom. The van der Waals surface area contributed by atoms with Crippen LogP contribution in [0, 0.1) is 62.2 Å². The van der Waals surface area contributed by atoms with Gasteiger partial charge in [-0.1, -0.05) is 30.4 Å². The molecule has 0 N–H and O–H groups in total. The molecule has 0 spiro atoms. The lowest BCUT2D eigenvalue weighted by Crippen LogP contribution is -2.40. The Hall–Kier alpha value is -3.74. The van der Waals surface area contributed by atoms with Gasteiger partial charge in [-0.25, -0.2) is 4.90 Å². The summed E-state index contributed by atoms with van der Waals surface area (Å²) in [5, 5.41) is 0. The van der Waals surface area contributed by atoms with E-state index in [0.717, 1.165) is 23.2 Å². The lowest BCUT2D eigenvalue weighted by atomic mass is 9.63. The molecule has 7 nitrogen and oxygen atoms in total. The SMILES string of the molecule is Cc1cc(OC(=O)[C@@H]2CC(=O)N(c3c(C)cccc3C)C2)ccc1N1C(=O)[C@@H]2[C@H]3C=C[C@@H]([C@@H]4C[C@H]34)[C@@H]2C1=O. The number of nitrogens with zero attached hydrogens (tertiary/aromatic N) is 2. The van der Waals surface area contributed by atoms with Crippen molar-refractivity contribution < 1.29 is 23.9 Å².